The number of nitrogens with two attached hydrogens (primary N) is 1. The first kappa shape index (κ1) is 8.90. The van der Waals surface area contributed by atoms with Gasteiger partial charge in [0.2, 0.25) is 0 Å². The highest BCUT2D eigenvalue weighted by Crippen LogP contribution is 2.02. The predicted molar refractivity (Wildman–Crippen MR) is 49.0 cm³/mol. The fourth-order valence-corrected chi connectivity index (χ4v) is 1.11. The van der Waals surface area contributed by atoms with Crippen LogP contribution in [0.3, 0.4) is 0 Å². The molecule has 0 unspecified atom stereocenters. The van der Waals surface area contributed by atoms with Gasteiger partial charge in [-0.05, 0) is 12.8 Å². The van der Waals surface area contributed by atoms with E-state index in [1.165, 1.54) is 0 Å². The number of anilines is 1. The van der Waals surface area contributed by atoms with Crippen LogP contribution in [0, 0.1) is 12.8 Å². The van der Waals surface area contributed by atoms with Gasteiger partial charge >= 0.3 is 0 Å². The Morgan fingerprint density at radius 1 is 1.58 bits per heavy atom. The summed E-state index contributed by atoms with van der Waals surface area (Å²) < 4.78 is 1.55. The second kappa shape index (κ2) is 3.05. The Labute approximate surface area is 71.4 Å². The molecule has 0 amide bonds. The molecule has 1 aromatic heterocycles. The normalized spacial score (nSPS) is 11.0. The Morgan fingerprint density at radius 2 is 2.17 bits per heavy atom. The molecule has 0 atom stereocenters. The zero-order valence-corrected chi connectivity index (χ0v) is 7.72. The average molecular weight is 169 g/mol. The minimum absolute atomic E-state index is 0.110. The molecule has 0 spiro atoms. The van der Waals surface area contributed by atoms with Gasteiger partial charge in [-0.3, -0.25) is 14.6 Å². The highest BCUT2D eigenvalue weighted by atomic mass is 16.1. The number of aryl methyl sites for hydroxylation is 1. The van der Waals surface area contributed by atoms with Gasteiger partial charge in [0.25, 0.3) is 5.56 Å². The van der Waals surface area contributed by atoms with Gasteiger partial charge in [-0.25, -0.2) is 0 Å². The predicted octanol–water partition coefficient (Wildman–Crippen LogP) is 0.723. The molecule has 0 aliphatic heterocycles. The second-order valence-corrected chi connectivity index (χ2v) is 3.46. The van der Waals surface area contributed by atoms with E-state index in [-0.39, 0.29) is 5.56 Å². The number of nitrogens with zero attached hydrogens (tertiary/aromatic N) is 1. The van der Waals surface area contributed by atoms with Crippen LogP contribution in [0.15, 0.2) is 4.79 Å². The van der Waals surface area contributed by atoms with Gasteiger partial charge in [0.05, 0.1) is 5.69 Å². The van der Waals surface area contributed by atoms with Crippen molar-refractivity contribution in [3.05, 3.63) is 16.0 Å². The lowest BCUT2D eigenvalue weighted by Crippen LogP contribution is -2.20. The van der Waals surface area contributed by atoms with Gasteiger partial charge in [-0.15, -0.1) is 0 Å². The summed E-state index contributed by atoms with van der Waals surface area (Å²) in [5.41, 5.74) is 6.48. The summed E-state index contributed by atoms with van der Waals surface area (Å²) in [7, 11) is 0. The number of aromatic nitrogens is 2. The molecule has 3 N–H and O–H groups in total. The molecule has 1 rings (SSSR count). The lowest BCUT2D eigenvalue weighted by atomic mass is 10.2. The van der Waals surface area contributed by atoms with Gasteiger partial charge in [0.1, 0.15) is 5.69 Å². The number of hydrogen-bond acceptors (Lipinski definition) is 2. The fourth-order valence-electron chi connectivity index (χ4n) is 1.11. The Kier molecular flexibility index (Phi) is 2.26. The van der Waals surface area contributed by atoms with Crippen molar-refractivity contribution in [2.45, 2.75) is 27.3 Å². The van der Waals surface area contributed by atoms with Gasteiger partial charge in [-0.2, -0.15) is 0 Å². The van der Waals surface area contributed by atoms with Crippen LogP contribution >= 0.6 is 0 Å². The third kappa shape index (κ3) is 1.52. The van der Waals surface area contributed by atoms with E-state index < -0.39 is 0 Å². The first-order valence-corrected chi connectivity index (χ1v) is 4.07. The monoisotopic (exact) mass is 169 g/mol. The second-order valence-electron chi connectivity index (χ2n) is 3.46. The van der Waals surface area contributed by atoms with Crippen molar-refractivity contribution in [2.75, 3.05) is 5.73 Å². The van der Waals surface area contributed by atoms with Crippen LogP contribution in [0.5, 0.6) is 0 Å². The van der Waals surface area contributed by atoms with Crippen LogP contribution < -0.4 is 11.3 Å². The minimum atomic E-state index is -0.110. The van der Waals surface area contributed by atoms with Gasteiger partial charge < -0.3 is 5.73 Å². The molecule has 0 aliphatic rings. The summed E-state index contributed by atoms with van der Waals surface area (Å²) >= 11 is 0. The zero-order chi connectivity index (χ0) is 9.30. The SMILES string of the molecule is Cc1[nH]n(CC(C)C)c(=O)c1N. The van der Waals surface area contributed by atoms with E-state index in [0.29, 0.717) is 18.2 Å². The molecule has 0 saturated heterocycles. The van der Waals surface area contributed by atoms with Crippen molar-refractivity contribution in [3.8, 4) is 0 Å². The van der Waals surface area contributed by atoms with Crippen molar-refractivity contribution in [1.82, 2.24) is 9.78 Å². The van der Waals surface area contributed by atoms with Gasteiger partial charge in [0.15, 0.2) is 0 Å². The minimum Gasteiger partial charge on any atom is -0.393 e. The van der Waals surface area contributed by atoms with E-state index in [4.69, 9.17) is 5.73 Å². The number of nitrogens with one attached hydrogen (secondary N) is 1. The zero-order valence-electron chi connectivity index (χ0n) is 7.72. The third-order valence-corrected chi connectivity index (χ3v) is 1.73. The molecule has 0 bridgehead atoms. The Balaban J connectivity index is 3.02. The third-order valence-electron chi connectivity index (χ3n) is 1.73. The molecule has 0 aliphatic carbocycles. The first-order chi connectivity index (χ1) is 5.52. The Hall–Kier alpha value is -1.19. The van der Waals surface area contributed by atoms with E-state index in [0.717, 1.165) is 5.69 Å². The maximum absolute atomic E-state index is 11.3. The molecule has 0 fully saturated rings. The van der Waals surface area contributed by atoms with Crippen molar-refractivity contribution in [3.63, 3.8) is 0 Å². The van der Waals surface area contributed by atoms with E-state index in [2.05, 4.69) is 18.9 Å². The van der Waals surface area contributed by atoms with Crippen LogP contribution in [0.1, 0.15) is 19.5 Å². The van der Waals surface area contributed by atoms with E-state index in [1.54, 1.807) is 11.6 Å². The first-order valence-electron chi connectivity index (χ1n) is 4.07. The Morgan fingerprint density at radius 3 is 2.50 bits per heavy atom. The summed E-state index contributed by atoms with van der Waals surface area (Å²) in [6.45, 7) is 6.60. The van der Waals surface area contributed by atoms with Crippen LogP contribution in [0.25, 0.3) is 0 Å². The number of hydrogen-bond donors (Lipinski definition) is 2. The highest BCUT2D eigenvalue weighted by molar-refractivity contribution is 5.39. The molecule has 4 nitrogen and oxygen atoms in total. The van der Waals surface area contributed by atoms with E-state index in [1.807, 2.05) is 0 Å². The van der Waals surface area contributed by atoms with Gasteiger partial charge in [0, 0.05) is 6.54 Å². The summed E-state index contributed by atoms with van der Waals surface area (Å²) in [4.78, 5) is 11.3. The van der Waals surface area contributed by atoms with Crippen molar-refractivity contribution < 1.29 is 0 Å². The van der Waals surface area contributed by atoms with Crippen LogP contribution in [-0.2, 0) is 6.54 Å². The molecule has 0 radical (unpaired) electrons. The molecule has 0 saturated carbocycles. The quantitative estimate of drug-likeness (QED) is 0.685. The molecule has 68 valence electrons. The summed E-state index contributed by atoms with van der Waals surface area (Å²) in [5, 5.41) is 2.92. The van der Waals surface area contributed by atoms with Gasteiger partial charge in [-0.1, -0.05) is 13.8 Å². The number of H-pyrrole nitrogens is 1. The molecule has 12 heavy (non-hydrogen) atoms. The van der Waals surface area contributed by atoms with Crippen molar-refractivity contribution in [2.24, 2.45) is 5.92 Å². The molecule has 1 heterocycles. The van der Waals surface area contributed by atoms with E-state index in [9.17, 15) is 4.79 Å². The van der Waals surface area contributed by atoms with Crippen LogP contribution in [0.2, 0.25) is 0 Å². The van der Waals surface area contributed by atoms with Crippen molar-refractivity contribution in [1.29, 1.82) is 0 Å². The fraction of sp³-hybridized carbons (Fsp3) is 0.625. The van der Waals surface area contributed by atoms with Crippen molar-refractivity contribution >= 4 is 5.69 Å². The lowest BCUT2D eigenvalue weighted by Gasteiger charge is -2.03. The number of rotatable bonds is 2. The largest absolute Gasteiger partial charge is 0.393 e. The molecule has 1 aromatic rings. The number of aromatic amines is 1. The topological polar surface area (TPSA) is 63.8 Å². The summed E-state index contributed by atoms with van der Waals surface area (Å²) in [6, 6.07) is 0. The maximum Gasteiger partial charge on any atom is 0.289 e. The van der Waals surface area contributed by atoms with Crippen LogP contribution in [0.4, 0.5) is 5.69 Å². The molecule has 0 aromatic carbocycles. The summed E-state index contributed by atoms with van der Waals surface area (Å²) in [5.74, 6) is 0.445. The Bertz CT molecular complexity index is 322. The van der Waals surface area contributed by atoms with E-state index >= 15 is 0 Å². The molecular weight excluding hydrogens is 154 g/mol. The van der Waals surface area contributed by atoms with Crippen LogP contribution in [-0.4, -0.2) is 9.78 Å². The highest BCUT2D eigenvalue weighted by Gasteiger charge is 2.07. The average Bonchev–Trinajstić information content (AvgIpc) is 2.17. The lowest BCUT2D eigenvalue weighted by molar-refractivity contribution is 0.471. The standard InChI is InChI=1S/C8H15N3O/c1-5(2)4-11-8(12)7(9)6(3)10-11/h5,10H,4,9H2,1-3H3. The smallest absolute Gasteiger partial charge is 0.289 e. The number of nitrogen functional groups attached to an aromatic ring is 1. The maximum atomic E-state index is 11.3. The summed E-state index contributed by atoms with van der Waals surface area (Å²) in [6.07, 6.45) is 0. The molecule has 4 heteroatoms. The molecular formula is C8H15N3O.